The molecule has 0 aliphatic carbocycles. The third kappa shape index (κ3) is 5.31. The zero-order valence-electron chi connectivity index (χ0n) is 8.53. The topological polar surface area (TPSA) is 0 Å². The lowest BCUT2D eigenvalue weighted by molar-refractivity contribution is 0.308. The van der Waals surface area contributed by atoms with Crippen molar-refractivity contribution in [3.8, 4) is 0 Å². The van der Waals surface area contributed by atoms with Crippen LogP contribution in [0.25, 0.3) is 0 Å². The molecule has 2 heteroatoms. The first-order chi connectivity index (χ1) is 5.68. The van der Waals surface area contributed by atoms with E-state index in [2.05, 4.69) is 20.1 Å². The second-order valence-electron chi connectivity index (χ2n) is 3.79. The number of hydrogen-bond acceptors (Lipinski definition) is 1. The van der Waals surface area contributed by atoms with Crippen LogP contribution in [0.1, 0.15) is 39.5 Å². The van der Waals surface area contributed by atoms with E-state index in [4.69, 9.17) is 11.6 Å². The molecule has 0 fully saturated rings. The van der Waals surface area contributed by atoms with E-state index >= 15 is 0 Å². The van der Waals surface area contributed by atoms with Crippen LogP contribution in [0, 0.1) is 5.41 Å². The van der Waals surface area contributed by atoms with Crippen LogP contribution < -0.4 is 0 Å². The van der Waals surface area contributed by atoms with E-state index < -0.39 is 0 Å². The maximum atomic E-state index is 5.96. The van der Waals surface area contributed by atoms with Crippen LogP contribution >= 0.6 is 23.4 Å². The molecule has 0 aliphatic heterocycles. The van der Waals surface area contributed by atoms with Gasteiger partial charge in [0.1, 0.15) is 0 Å². The van der Waals surface area contributed by atoms with Gasteiger partial charge >= 0.3 is 0 Å². The van der Waals surface area contributed by atoms with E-state index in [1.165, 1.54) is 31.4 Å². The van der Waals surface area contributed by atoms with E-state index in [9.17, 15) is 0 Å². The second kappa shape index (κ2) is 7.08. The smallest absolute Gasteiger partial charge is 0.0277 e. The van der Waals surface area contributed by atoms with Crippen molar-refractivity contribution in [2.45, 2.75) is 39.5 Å². The number of thioether (sulfide) groups is 1. The number of rotatable bonds is 7. The van der Waals surface area contributed by atoms with Crippen LogP contribution in [0.5, 0.6) is 0 Å². The Bertz CT molecular complexity index is 106. The first kappa shape index (κ1) is 12.6. The van der Waals surface area contributed by atoms with Crippen LogP contribution in [-0.4, -0.2) is 17.9 Å². The van der Waals surface area contributed by atoms with Crippen LogP contribution in [-0.2, 0) is 0 Å². The molecule has 0 aromatic rings. The van der Waals surface area contributed by atoms with Gasteiger partial charge in [0.05, 0.1) is 0 Å². The number of alkyl halides is 1. The van der Waals surface area contributed by atoms with Crippen molar-refractivity contribution < 1.29 is 0 Å². The molecular formula is C10H21ClS. The fraction of sp³-hybridized carbons (Fsp3) is 1.00. The Labute approximate surface area is 86.5 Å². The molecule has 0 saturated heterocycles. The largest absolute Gasteiger partial charge is 0.165 e. The van der Waals surface area contributed by atoms with Crippen molar-refractivity contribution >= 4 is 23.4 Å². The third-order valence-electron chi connectivity index (χ3n) is 2.30. The van der Waals surface area contributed by atoms with E-state index in [1.54, 1.807) is 0 Å². The van der Waals surface area contributed by atoms with Gasteiger partial charge in [-0.3, -0.25) is 0 Å². The van der Waals surface area contributed by atoms with E-state index in [0.29, 0.717) is 5.41 Å². The Morgan fingerprint density at radius 2 is 2.00 bits per heavy atom. The average molecular weight is 209 g/mol. The van der Waals surface area contributed by atoms with Gasteiger partial charge in [-0.15, -0.1) is 11.6 Å². The van der Waals surface area contributed by atoms with Crippen molar-refractivity contribution in [2.75, 3.05) is 17.9 Å². The monoisotopic (exact) mass is 208 g/mol. The Morgan fingerprint density at radius 3 is 2.42 bits per heavy atom. The van der Waals surface area contributed by atoms with Gasteiger partial charge in [-0.25, -0.2) is 0 Å². The predicted molar refractivity (Wildman–Crippen MR) is 61.4 cm³/mol. The maximum Gasteiger partial charge on any atom is 0.0277 e. The van der Waals surface area contributed by atoms with Gasteiger partial charge < -0.3 is 0 Å². The Kier molecular flexibility index (Phi) is 7.46. The fourth-order valence-electron chi connectivity index (χ4n) is 1.51. The summed E-state index contributed by atoms with van der Waals surface area (Å²) in [6.45, 7) is 4.54. The highest BCUT2D eigenvalue weighted by Gasteiger charge is 2.20. The summed E-state index contributed by atoms with van der Waals surface area (Å²) in [6, 6.07) is 0. The Morgan fingerprint density at radius 1 is 1.33 bits per heavy atom. The van der Waals surface area contributed by atoms with Crippen LogP contribution in [0.3, 0.4) is 0 Å². The standard InChI is InChI=1S/C10H21ClS/c1-4-6-10(2,9-11)7-5-8-12-3/h4-9H2,1-3H3. The van der Waals surface area contributed by atoms with Gasteiger partial charge in [0, 0.05) is 5.88 Å². The molecular weight excluding hydrogens is 188 g/mol. The zero-order chi connectivity index (χ0) is 9.45. The molecule has 0 saturated carbocycles. The number of halogens is 1. The molecule has 0 radical (unpaired) electrons. The molecule has 0 aliphatic rings. The second-order valence-corrected chi connectivity index (χ2v) is 5.04. The van der Waals surface area contributed by atoms with Crippen LogP contribution in [0.15, 0.2) is 0 Å². The molecule has 12 heavy (non-hydrogen) atoms. The summed E-state index contributed by atoms with van der Waals surface area (Å²) in [5, 5.41) is 0. The molecule has 0 heterocycles. The Balaban J connectivity index is 3.63. The quantitative estimate of drug-likeness (QED) is 0.447. The summed E-state index contributed by atoms with van der Waals surface area (Å²) < 4.78 is 0. The molecule has 0 nitrogen and oxygen atoms in total. The fourth-order valence-corrected chi connectivity index (χ4v) is 2.21. The molecule has 0 amide bonds. The van der Waals surface area contributed by atoms with Crippen molar-refractivity contribution in [3.63, 3.8) is 0 Å². The predicted octanol–water partition coefficient (Wildman–Crippen LogP) is 4.17. The van der Waals surface area contributed by atoms with E-state index in [-0.39, 0.29) is 0 Å². The van der Waals surface area contributed by atoms with E-state index in [0.717, 1.165) is 5.88 Å². The minimum atomic E-state index is 0.395. The first-order valence-electron chi connectivity index (χ1n) is 4.73. The van der Waals surface area contributed by atoms with Crippen molar-refractivity contribution in [2.24, 2.45) is 5.41 Å². The summed E-state index contributed by atoms with van der Waals surface area (Å²) in [5.41, 5.74) is 0.395. The molecule has 0 aromatic carbocycles. The molecule has 0 spiro atoms. The minimum absolute atomic E-state index is 0.395. The van der Waals surface area contributed by atoms with Crippen molar-refractivity contribution in [3.05, 3.63) is 0 Å². The van der Waals surface area contributed by atoms with Gasteiger partial charge in [-0.05, 0) is 36.7 Å². The summed E-state index contributed by atoms with van der Waals surface area (Å²) in [7, 11) is 0. The van der Waals surface area contributed by atoms with E-state index in [1.807, 2.05) is 11.8 Å². The summed E-state index contributed by atoms with van der Waals surface area (Å²) in [6.07, 6.45) is 7.28. The Hall–Kier alpha value is 0.640. The normalized spacial score (nSPS) is 16.0. The molecule has 0 rings (SSSR count). The zero-order valence-corrected chi connectivity index (χ0v) is 10.1. The highest BCUT2D eigenvalue weighted by atomic mass is 35.5. The SMILES string of the molecule is CCCC(C)(CCl)CCCSC. The summed E-state index contributed by atoms with van der Waals surface area (Å²) in [4.78, 5) is 0. The molecule has 0 N–H and O–H groups in total. The molecule has 1 unspecified atom stereocenters. The van der Waals surface area contributed by atoms with Gasteiger partial charge in [-0.1, -0.05) is 20.3 Å². The van der Waals surface area contributed by atoms with Crippen LogP contribution in [0.4, 0.5) is 0 Å². The molecule has 74 valence electrons. The summed E-state index contributed by atoms with van der Waals surface area (Å²) in [5.74, 6) is 2.09. The minimum Gasteiger partial charge on any atom is -0.165 e. The lowest BCUT2D eigenvalue weighted by Gasteiger charge is -2.26. The lowest BCUT2D eigenvalue weighted by atomic mass is 9.83. The first-order valence-corrected chi connectivity index (χ1v) is 6.66. The summed E-state index contributed by atoms with van der Waals surface area (Å²) >= 11 is 7.89. The van der Waals surface area contributed by atoms with Crippen molar-refractivity contribution in [1.29, 1.82) is 0 Å². The number of hydrogen-bond donors (Lipinski definition) is 0. The maximum absolute atomic E-state index is 5.96. The molecule has 0 aromatic heterocycles. The van der Waals surface area contributed by atoms with Gasteiger partial charge in [0.15, 0.2) is 0 Å². The van der Waals surface area contributed by atoms with Crippen molar-refractivity contribution in [1.82, 2.24) is 0 Å². The average Bonchev–Trinajstić information content (AvgIpc) is 2.06. The van der Waals surface area contributed by atoms with Gasteiger partial charge in [0.25, 0.3) is 0 Å². The third-order valence-corrected chi connectivity index (χ3v) is 3.65. The van der Waals surface area contributed by atoms with Crippen LogP contribution in [0.2, 0.25) is 0 Å². The molecule has 1 atom stereocenters. The lowest BCUT2D eigenvalue weighted by Crippen LogP contribution is -2.18. The molecule has 0 bridgehead atoms. The highest BCUT2D eigenvalue weighted by Crippen LogP contribution is 2.30. The highest BCUT2D eigenvalue weighted by molar-refractivity contribution is 7.98. The van der Waals surface area contributed by atoms with Gasteiger partial charge in [0.2, 0.25) is 0 Å². The van der Waals surface area contributed by atoms with Gasteiger partial charge in [-0.2, -0.15) is 11.8 Å².